The average molecular weight is 460 g/mol. The molecule has 4 N–H and O–H groups in total. The van der Waals surface area contributed by atoms with Crippen molar-refractivity contribution >= 4 is 23.4 Å². The maximum absolute atomic E-state index is 12.3. The van der Waals surface area contributed by atoms with Gasteiger partial charge in [-0.15, -0.1) is 5.10 Å². The number of aryl methyl sites for hydroxylation is 1. The van der Waals surface area contributed by atoms with Crippen molar-refractivity contribution in [2.24, 2.45) is 0 Å². The molecule has 2 aromatic heterocycles. The lowest BCUT2D eigenvalue weighted by Gasteiger charge is -2.19. The molecule has 0 fully saturated rings. The second-order valence-electron chi connectivity index (χ2n) is 7.85. The Balaban J connectivity index is 1.65. The van der Waals surface area contributed by atoms with Crippen LogP contribution in [0.2, 0.25) is 0 Å². The zero-order valence-corrected chi connectivity index (χ0v) is 19.0. The van der Waals surface area contributed by atoms with Crippen molar-refractivity contribution in [2.75, 3.05) is 31.3 Å². The molecule has 2 heterocycles. The number of anilines is 3. The van der Waals surface area contributed by atoms with Crippen molar-refractivity contribution in [3.05, 3.63) is 71.4 Å². The first-order chi connectivity index (χ1) is 16.5. The first-order valence-electron chi connectivity index (χ1n) is 10.6. The molecule has 11 heteroatoms. The third kappa shape index (κ3) is 4.99. The number of hydrogen-bond donors (Lipinski definition) is 4. The number of tetrazole rings is 1. The number of aromatic nitrogens is 6. The molecule has 0 saturated heterocycles. The standard InChI is InChI=1S/C23H25N9O2/c1-14-11-16(9-10-17(14)22(34)32(2)3)25-23-24-12-18(21-28-30-31-29-21)20(27-23)26-19(13-33)15-7-5-4-6-8-15/h4-12,19,33H,13H2,1-3H3,(H2,24,25,26,27)(H,28,29,30,31)/t19-/m1/s1. The van der Waals surface area contributed by atoms with Crippen molar-refractivity contribution in [3.8, 4) is 11.4 Å². The third-order valence-corrected chi connectivity index (χ3v) is 5.20. The number of carbonyl (C=O) groups excluding carboxylic acids is 1. The van der Waals surface area contributed by atoms with E-state index in [1.807, 2.05) is 43.3 Å². The molecule has 4 aromatic rings. The van der Waals surface area contributed by atoms with Crippen LogP contribution in [0.3, 0.4) is 0 Å². The zero-order chi connectivity index (χ0) is 24.1. The fourth-order valence-electron chi connectivity index (χ4n) is 3.43. The molecule has 0 radical (unpaired) electrons. The minimum atomic E-state index is -0.405. The SMILES string of the molecule is Cc1cc(Nc2ncc(-c3nnn[nH]3)c(N[C@H](CO)c3ccccc3)n2)ccc1C(=O)N(C)C. The molecule has 11 nitrogen and oxygen atoms in total. The summed E-state index contributed by atoms with van der Waals surface area (Å²) >= 11 is 0. The molecule has 0 aliphatic carbocycles. The Morgan fingerprint density at radius 1 is 1.18 bits per heavy atom. The van der Waals surface area contributed by atoms with Gasteiger partial charge in [0.25, 0.3) is 5.91 Å². The number of carbonyl (C=O) groups is 1. The minimum absolute atomic E-state index is 0.0623. The van der Waals surface area contributed by atoms with E-state index in [2.05, 4.69) is 41.2 Å². The summed E-state index contributed by atoms with van der Waals surface area (Å²) in [5, 5.41) is 30.4. The molecule has 4 rings (SSSR count). The molecule has 174 valence electrons. The second kappa shape index (κ2) is 10.0. The van der Waals surface area contributed by atoms with Crippen LogP contribution in [0.5, 0.6) is 0 Å². The Labute approximate surface area is 196 Å². The highest BCUT2D eigenvalue weighted by atomic mass is 16.3. The second-order valence-corrected chi connectivity index (χ2v) is 7.85. The van der Waals surface area contributed by atoms with Gasteiger partial charge in [0, 0.05) is 31.5 Å². The van der Waals surface area contributed by atoms with E-state index < -0.39 is 6.04 Å². The number of aliphatic hydroxyl groups is 1. The minimum Gasteiger partial charge on any atom is -0.394 e. The van der Waals surface area contributed by atoms with Crippen LogP contribution >= 0.6 is 0 Å². The van der Waals surface area contributed by atoms with Gasteiger partial charge in [0.2, 0.25) is 5.95 Å². The smallest absolute Gasteiger partial charge is 0.253 e. The van der Waals surface area contributed by atoms with Crippen molar-refractivity contribution < 1.29 is 9.90 Å². The zero-order valence-electron chi connectivity index (χ0n) is 19.0. The van der Waals surface area contributed by atoms with Gasteiger partial charge in [0.15, 0.2) is 5.82 Å². The summed E-state index contributed by atoms with van der Waals surface area (Å²) in [6.45, 7) is 1.73. The predicted octanol–water partition coefficient (Wildman–Crippen LogP) is 2.56. The van der Waals surface area contributed by atoms with Gasteiger partial charge in [-0.05, 0) is 46.7 Å². The van der Waals surface area contributed by atoms with Crippen molar-refractivity contribution in [2.45, 2.75) is 13.0 Å². The van der Waals surface area contributed by atoms with Gasteiger partial charge in [0.1, 0.15) is 5.82 Å². The normalized spacial score (nSPS) is 11.6. The van der Waals surface area contributed by atoms with Crippen LogP contribution in [0.15, 0.2) is 54.7 Å². The molecule has 0 aliphatic rings. The first kappa shape index (κ1) is 22.8. The molecule has 0 saturated carbocycles. The number of aliphatic hydroxyl groups excluding tert-OH is 1. The summed E-state index contributed by atoms with van der Waals surface area (Å²) in [6.07, 6.45) is 1.59. The quantitative estimate of drug-likeness (QED) is 0.312. The van der Waals surface area contributed by atoms with E-state index in [0.717, 1.165) is 16.8 Å². The van der Waals surface area contributed by atoms with Gasteiger partial charge in [-0.2, -0.15) is 4.98 Å². The first-order valence-corrected chi connectivity index (χ1v) is 10.6. The van der Waals surface area contributed by atoms with Gasteiger partial charge >= 0.3 is 0 Å². The number of hydrogen-bond acceptors (Lipinski definition) is 9. The summed E-state index contributed by atoms with van der Waals surface area (Å²) in [6, 6.07) is 14.6. The van der Waals surface area contributed by atoms with Gasteiger partial charge in [-0.3, -0.25) is 4.79 Å². The van der Waals surface area contributed by atoms with E-state index in [4.69, 9.17) is 0 Å². The lowest BCUT2D eigenvalue weighted by Crippen LogP contribution is -2.22. The largest absolute Gasteiger partial charge is 0.394 e. The highest BCUT2D eigenvalue weighted by Gasteiger charge is 2.18. The van der Waals surface area contributed by atoms with Gasteiger partial charge in [0.05, 0.1) is 18.2 Å². The number of H-pyrrole nitrogens is 1. The van der Waals surface area contributed by atoms with E-state index in [0.29, 0.717) is 28.7 Å². The Bertz CT molecular complexity index is 1260. The molecule has 2 aromatic carbocycles. The van der Waals surface area contributed by atoms with Gasteiger partial charge < -0.3 is 20.6 Å². The van der Waals surface area contributed by atoms with E-state index in [9.17, 15) is 9.90 Å². The molecule has 0 bridgehead atoms. The molecule has 1 atom stereocenters. The Hall–Kier alpha value is -4.38. The predicted molar refractivity (Wildman–Crippen MR) is 128 cm³/mol. The Kier molecular flexibility index (Phi) is 6.74. The van der Waals surface area contributed by atoms with E-state index >= 15 is 0 Å². The van der Waals surface area contributed by atoms with Gasteiger partial charge in [-0.1, -0.05) is 30.3 Å². The molecule has 0 aliphatic heterocycles. The van der Waals surface area contributed by atoms with Crippen molar-refractivity contribution in [3.63, 3.8) is 0 Å². The van der Waals surface area contributed by atoms with Crippen LogP contribution in [0.4, 0.5) is 17.5 Å². The number of amides is 1. The molecular weight excluding hydrogens is 434 g/mol. The van der Waals surface area contributed by atoms with Crippen LogP contribution in [-0.4, -0.2) is 67.2 Å². The van der Waals surface area contributed by atoms with Crippen LogP contribution in [0.1, 0.15) is 27.5 Å². The molecule has 34 heavy (non-hydrogen) atoms. The topological polar surface area (TPSA) is 145 Å². The van der Waals surface area contributed by atoms with E-state index in [1.165, 1.54) is 4.90 Å². The molecule has 1 amide bonds. The van der Waals surface area contributed by atoms with Crippen LogP contribution < -0.4 is 10.6 Å². The highest BCUT2D eigenvalue weighted by Crippen LogP contribution is 2.28. The Morgan fingerprint density at radius 3 is 2.62 bits per heavy atom. The van der Waals surface area contributed by atoms with Gasteiger partial charge in [-0.25, -0.2) is 10.1 Å². The average Bonchev–Trinajstić information content (AvgIpc) is 3.37. The fourth-order valence-corrected chi connectivity index (χ4v) is 3.43. The molecule has 0 unspecified atom stereocenters. The molecule has 0 spiro atoms. The maximum atomic E-state index is 12.3. The molecular formula is C23H25N9O2. The lowest BCUT2D eigenvalue weighted by atomic mass is 10.1. The summed E-state index contributed by atoms with van der Waals surface area (Å²) in [5.74, 6) is 1.10. The van der Waals surface area contributed by atoms with Crippen LogP contribution in [-0.2, 0) is 0 Å². The number of nitrogens with one attached hydrogen (secondary N) is 3. The maximum Gasteiger partial charge on any atom is 0.253 e. The number of aromatic amines is 1. The Morgan fingerprint density at radius 2 is 1.97 bits per heavy atom. The number of benzene rings is 2. The summed E-state index contributed by atoms with van der Waals surface area (Å²) < 4.78 is 0. The third-order valence-electron chi connectivity index (χ3n) is 5.20. The lowest BCUT2D eigenvalue weighted by molar-refractivity contribution is 0.0827. The summed E-state index contributed by atoms with van der Waals surface area (Å²) in [5.41, 5.74) is 3.63. The van der Waals surface area contributed by atoms with Crippen LogP contribution in [0, 0.1) is 6.92 Å². The van der Waals surface area contributed by atoms with Crippen molar-refractivity contribution in [1.82, 2.24) is 35.5 Å². The van der Waals surface area contributed by atoms with Crippen molar-refractivity contribution in [1.29, 1.82) is 0 Å². The summed E-state index contributed by atoms with van der Waals surface area (Å²) in [4.78, 5) is 22.9. The highest BCUT2D eigenvalue weighted by molar-refractivity contribution is 5.95. The number of nitrogens with zero attached hydrogens (tertiary/aromatic N) is 6. The number of rotatable bonds is 8. The monoisotopic (exact) mass is 459 g/mol. The summed E-state index contributed by atoms with van der Waals surface area (Å²) in [7, 11) is 3.44. The van der Waals surface area contributed by atoms with E-state index in [1.54, 1.807) is 32.4 Å². The van der Waals surface area contributed by atoms with Crippen LogP contribution in [0.25, 0.3) is 11.4 Å². The van der Waals surface area contributed by atoms with E-state index in [-0.39, 0.29) is 12.5 Å². The fraction of sp³-hybridized carbons (Fsp3) is 0.217.